The molecule has 0 N–H and O–H groups in total. The fraction of sp³-hybridized carbons (Fsp3) is 0.750. The number of hydrogen-bond acceptors (Lipinski definition) is 3. The van der Waals surface area contributed by atoms with Crippen molar-refractivity contribution in [1.29, 1.82) is 0 Å². The lowest BCUT2D eigenvalue weighted by Gasteiger charge is -2.59. The summed E-state index contributed by atoms with van der Waals surface area (Å²) in [5, 5.41) is 0. The van der Waals surface area contributed by atoms with E-state index in [1.807, 2.05) is 0 Å². The molecule has 2 fully saturated rings. The van der Waals surface area contributed by atoms with E-state index in [0.717, 1.165) is 0 Å². The van der Waals surface area contributed by atoms with Gasteiger partial charge < -0.3 is 0 Å². The van der Waals surface area contributed by atoms with Crippen LogP contribution in [0.3, 0.4) is 0 Å². The maximum Gasteiger partial charge on any atom is 0.347 e. The first kappa shape index (κ1) is 13.3. The Morgan fingerprint density at radius 2 is 1.64 bits per heavy atom. The van der Waals surface area contributed by atoms with E-state index in [4.69, 9.17) is 0 Å². The lowest BCUT2D eigenvalue weighted by molar-refractivity contribution is 0.0241. The van der Waals surface area contributed by atoms with Crippen molar-refractivity contribution in [2.24, 2.45) is 12.5 Å². The predicted octanol–water partition coefficient (Wildman–Crippen LogP) is 1.84. The van der Waals surface area contributed by atoms with Crippen LogP contribution in [0.25, 0.3) is 0 Å². The van der Waals surface area contributed by atoms with Gasteiger partial charge in [0, 0.05) is 12.5 Å². The van der Waals surface area contributed by atoms with Crippen LogP contribution in [0.1, 0.15) is 50.6 Å². The molecular formula is C16H21N3O2S. The van der Waals surface area contributed by atoms with E-state index >= 15 is 0 Å². The van der Waals surface area contributed by atoms with Crippen LogP contribution in [0.5, 0.6) is 0 Å². The second kappa shape index (κ2) is 4.02. The molecule has 2 aliphatic carbocycles. The molecule has 118 valence electrons. The van der Waals surface area contributed by atoms with E-state index < -0.39 is 0 Å². The molecular weight excluding hydrogens is 298 g/mol. The van der Waals surface area contributed by atoms with Crippen molar-refractivity contribution in [2.45, 2.75) is 55.4 Å². The third-order valence-electron chi connectivity index (χ3n) is 6.64. The van der Waals surface area contributed by atoms with Crippen molar-refractivity contribution in [1.82, 2.24) is 13.9 Å². The number of nitrogens with zero attached hydrogens (tertiary/aromatic N) is 3. The second-order valence-electron chi connectivity index (χ2n) is 7.29. The van der Waals surface area contributed by atoms with E-state index in [-0.39, 0.29) is 33.6 Å². The molecule has 6 rings (SSSR count). The lowest BCUT2D eigenvalue weighted by atomic mass is 9.59. The van der Waals surface area contributed by atoms with Crippen LogP contribution >= 0.6 is 11.8 Å². The van der Waals surface area contributed by atoms with Gasteiger partial charge >= 0.3 is 11.4 Å². The summed E-state index contributed by atoms with van der Waals surface area (Å²) >= 11 is 2.08. The third kappa shape index (κ3) is 1.19. The zero-order valence-electron chi connectivity index (χ0n) is 12.8. The zero-order valence-corrected chi connectivity index (χ0v) is 13.6. The molecule has 4 heterocycles. The Kier molecular flexibility index (Phi) is 2.43. The quantitative estimate of drug-likeness (QED) is 0.686. The van der Waals surface area contributed by atoms with Crippen molar-refractivity contribution in [2.75, 3.05) is 5.75 Å². The van der Waals surface area contributed by atoms with Crippen LogP contribution in [0.15, 0.2) is 21.7 Å². The van der Waals surface area contributed by atoms with Gasteiger partial charge in [-0.1, -0.05) is 25.0 Å². The van der Waals surface area contributed by atoms with Gasteiger partial charge in [0.15, 0.2) is 0 Å². The third-order valence-corrected chi connectivity index (χ3v) is 8.50. The summed E-state index contributed by atoms with van der Waals surface area (Å²) < 4.78 is 4.96. The summed E-state index contributed by atoms with van der Waals surface area (Å²) in [6.07, 6.45) is 11.8. The SMILES string of the molecule is Cn1c(=O)n2n(c1=O)[C@@H]1C=C[C@H]2[C@@]2(CCCS2)C12CCCC2. The minimum atomic E-state index is -0.149. The molecule has 1 saturated carbocycles. The fourth-order valence-corrected chi connectivity index (χ4v) is 7.68. The lowest BCUT2D eigenvalue weighted by Crippen LogP contribution is -2.62. The molecule has 0 radical (unpaired) electrons. The minimum absolute atomic E-state index is 0.0458. The Morgan fingerprint density at radius 1 is 1.00 bits per heavy atom. The van der Waals surface area contributed by atoms with E-state index in [9.17, 15) is 9.59 Å². The van der Waals surface area contributed by atoms with Gasteiger partial charge in [-0.2, -0.15) is 11.8 Å². The zero-order chi connectivity index (χ0) is 15.1. The van der Waals surface area contributed by atoms with Crippen molar-refractivity contribution >= 4 is 11.8 Å². The minimum Gasteiger partial charge on any atom is -0.246 e. The van der Waals surface area contributed by atoms with Crippen LogP contribution in [0.4, 0.5) is 0 Å². The average Bonchev–Trinajstić information content (AvgIpc) is 3.23. The maximum absolute atomic E-state index is 12.6. The Labute approximate surface area is 133 Å². The monoisotopic (exact) mass is 319 g/mol. The highest BCUT2D eigenvalue weighted by molar-refractivity contribution is 8.01. The molecule has 5 nitrogen and oxygen atoms in total. The van der Waals surface area contributed by atoms with Crippen LogP contribution in [0.2, 0.25) is 0 Å². The summed E-state index contributed by atoms with van der Waals surface area (Å²) in [5.74, 6) is 1.19. The normalized spacial score (nSPS) is 37.5. The highest BCUT2D eigenvalue weighted by Gasteiger charge is 2.67. The molecule has 3 aliphatic heterocycles. The van der Waals surface area contributed by atoms with Gasteiger partial charge in [0.2, 0.25) is 0 Å². The highest BCUT2D eigenvalue weighted by atomic mass is 32.2. The Hall–Kier alpha value is -1.17. The first-order chi connectivity index (χ1) is 10.6. The molecule has 2 bridgehead atoms. The van der Waals surface area contributed by atoms with Crippen LogP contribution in [-0.4, -0.2) is 24.4 Å². The number of rotatable bonds is 0. The molecule has 1 saturated heterocycles. The molecule has 1 aromatic rings. The molecule has 1 aromatic heterocycles. The summed E-state index contributed by atoms with van der Waals surface area (Å²) in [6, 6.07) is 0.108. The fourth-order valence-electron chi connectivity index (χ4n) is 5.78. The van der Waals surface area contributed by atoms with Gasteiger partial charge in [-0.3, -0.25) is 0 Å². The van der Waals surface area contributed by atoms with Gasteiger partial charge in [0.1, 0.15) is 0 Å². The molecule has 6 heteroatoms. The van der Waals surface area contributed by atoms with Gasteiger partial charge in [0.25, 0.3) is 0 Å². The van der Waals surface area contributed by atoms with Crippen molar-refractivity contribution in [3.63, 3.8) is 0 Å². The molecule has 3 atom stereocenters. The van der Waals surface area contributed by atoms with Crippen molar-refractivity contribution in [3.8, 4) is 0 Å². The van der Waals surface area contributed by atoms with Gasteiger partial charge in [0.05, 0.1) is 16.8 Å². The largest absolute Gasteiger partial charge is 0.347 e. The van der Waals surface area contributed by atoms with Crippen molar-refractivity contribution < 1.29 is 0 Å². The number of aromatic nitrogens is 3. The number of allylic oxidation sites excluding steroid dienone is 2. The van der Waals surface area contributed by atoms with E-state index in [1.54, 1.807) is 16.4 Å². The summed E-state index contributed by atoms with van der Waals surface area (Å²) in [5.41, 5.74) is -0.122. The summed E-state index contributed by atoms with van der Waals surface area (Å²) in [7, 11) is 1.61. The molecule has 5 aliphatic rings. The standard InChI is InChI=1S/C16H21N3O2S/c1-17-13(20)18-11-5-6-12(19(18)14(17)21)16(9-4-10-22-16)15(11)7-2-3-8-15/h5-6,11-12H,2-4,7-10H2,1H3/t11-,12+,16+/m1/s1. The maximum atomic E-state index is 12.6. The molecule has 0 unspecified atom stereocenters. The summed E-state index contributed by atoms with van der Waals surface area (Å²) in [4.78, 5) is 25.3. The van der Waals surface area contributed by atoms with Crippen LogP contribution in [0, 0.1) is 5.41 Å². The number of thioether (sulfide) groups is 1. The molecule has 22 heavy (non-hydrogen) atoms. The number of hydrogen-bond donors (Lipinski definition) is 0. The smallest absolute Gasteiger partial charge is 0.246 e. The van der Waals surface area contributed by atoms with Gasteiger partial charge in [-0.25, -0.2) is 23.5 Å². The summed E-state index contributed by atoms with van der Waals surface area (Å²) in [6.45, 7) is 0. The Bertz CT molecular complexity index is 724. The topological polar surface area (TPSA) is 48.9 Å². The molecule has 0 aromatic carbocycles. The van der Waals surface area contributed by atoms with Gasteiger partial charge in [-0.15, -0.1) is 0 Å². The van der Waals surface area contributed by atoms with Gasteiger partial charge in [-0.05, 0) is 31.4 Å². The van der Waals surface area contributed by atoms with Crippen molar-refractivity contribution in [3.05, 3.63) is 33.1 Å². The van der Waals surface area contributed by atoms with Crippen LogP contribution < -0.4 is 11.4 Å². The first-order valence-corrected chi connectivity index (χ1v) is 9.33. The predicted molar refractivity (Wildman–Crippen MR) is 86.5 cm³/mol. The Balaban J connectivity index is 1.87. The molecule has 2 spiro atoms. The average molecular weight is 319 g/mol. The van der Waals surface area contributed by atoms with E-state index in [1.165, 1.54) is 48.8 Å². The van der Waals surface area contributed by atoms with Crippen LogP contribution in [-0.2, 0) is 7.05 Å². The second-order valence-corrected chi connectivity index (χ2v) is 8.72. The van der Waals surface area contributed by atoms with E-state index in [0.29, 0.717) is 0 Å². The molecule has 0 amide bonds. The van der Waals surface area contributed by atoms with E-state index in [2.05, 4.69) is 23.9 Å². The Morgan fingerprint density at radius 3 is 2.27 bits per heavy atom. The first-order valence-electron chi connectivity index (χ1n) is 8.35. The highest BCUT2D eigenvalue weighted by Crippen LogP contribution is 2.70.